The number of rotatable bonds is 3. The van der Waals surface area contributed by atoms with Crippen molar-refractivity contribution in [2.75, 3.05) is 5.32 Å². The maximum atomic E-state index is 12.7. The van der Waals surface area contributed by atoms with E-state index in [4.69, 9.17) is 9.40 Å². The highest BCUT2D eigenvalue weighted by Crippen LogP contribution is 2.25. The zero-order valence-corrected chi connectivity index (χ0v) is 15.7. The Morgan fingerprint density at radius 1 is 1.07 bits per heavy atom. The summed E-state index contributed by atoms with van der Waals surface area (Å²) in [4.78, 5) is 29.7. The van der Waals surface area contributed by atoms with Crippen LogP contribution in [0.25, 0.3) is 22.2 Å². The third-order valence-corrected chi connectivity index (χ3v) is 5.21. The fourth-order valence-electron chi connectivity index (χ4n) is 3.73. The Balaban J connectivity index is 1.43. The molecule has 0 unspecified atom stereocenters. The van der Waals surface area contributed by atoms with Crippen molar-refractivity contribution in [3.8, 4) is 11.3 Å². The predicted molar refractivity (Wildman–Crippen MR) is 111 cm³/mol. The van der Waals surface area contributed by atoms with Crippen LogP contribution in [-0.4, -0.2) is 15.5 Å². The lowest BCUT2D eigenvalue weighted by atomic mass is 10.1. The summed E-state index contributed by atoms with van der Waals surface area (Å²) in [5.74, 6) is 0.611. The molecule has 3 heterocycles. The summed E-state index contributed by atoms with van der Waals surface area (Å²) in [5.41, 5.74) is 2.20. The van der Waals surface area contributed by atoms with Gasteiger partial charge in [0.15, 0.2) is 0 Å². The molecule has 0 bridgehead atoms. The van der Waals surface area contributed by atoms with Crippen LogP contribution in [-0.2, 0) is 13.0 Å². The van der Waals surface area contributed by atoms with E-state index in [1.807, 2.05) is 24.3 Å². The average Bonchev–Trinajstić information content (AvgIpc) is 3.18. The van der Waals surface area contributed by atoms with Crippen molar-refractivity contribution < 1.29 is 9.21 Å². The first-order valence-corrected chi connectivity index (χ1v) is 9.68. The Kier molecular flexibility index (Phi) is 4.24. The fraction of sp³-hybridized carbons (Fsp3) is 0.174. The van der Waals surface area contributed by atoms with Crippen LogP contribution < -0.4 is 10.9 Å². The Labute approximate surface area is 166 Å². The summed E-state index contributed by atoms with van der Waals surface area (Å²) in [6.07, 6.45) is 5.40. The molecule has 2 aromatic heterocycles. The number of amides is 1. The van der Waals surface area contributed by atoms with Gasteiger partial charge in [0.2, 0.25) is 0 Å². The number of fused-ring (bicyclic) bond motifs is 2. The average molecular weight is 385 g/mol. The molecule has 0 spiro atoms. The van der Waals surface area contributed by atoms with Gasteiger partial charge in [-0.3, -0.25) is 4.79 Å². The standard InChI is InChI=1S/C23H19N3O3/c27-22(18-13-16-6-1-2-9-20(16)29-23(18)28)24-17-8-5-7-15(12-17)19-14-26-11-4-3-10-21(26)25-19/h1-2,5-9,12-14H,3-4,10-11H2,(H,24,27). The van der Waals surface area contributed by atoms with E-state index in [2.05, 4.69) is 16.1 Å². The molecule has 1 N–H and O–H groups in total. The highest BCUT2D eigenvalue weighted by molar-refractivity contribution is 6.05. The van der Waals surface area contributed by atoms with Crippen molar-refractivity contribution in [1.29, 1.82) is 0 Å². The van der Waals surface area contributed by atoms with Gasteiger partial charge in [-0.15, -0.1) is 0 Å². The highest BCUT2D eigenvalue weighted by Gasteiger charge is 2.16. The molecule has 0 fully saturated rings. The molecule has 6 heteroatoms. The summed E-state index contributed by atoms with van der Waals surface area (Å²) >= 11 is 0. The number of benzene rings is 2. The summed E-state index contributed by atoms with van der Waals surface area (Å²) in [7, 11) is 0. The number of hydrogen-bond donors (Lipinski definition) is 1. The summed E-state index contributed by atoms with van der Waals surface area (Å²) in [6.45, 7) is 0.997. The van der Waals surface area contributed by atoms with E-state index in [-0.39, 0.29) is 5.56 Å². The number of aromatic nitrogens is 2. The predicted octanol–water partition coefficient (Wildman–Crippen LogP) is 4.25. The molecule has 2 aromatic carbocycles. The molecule has 6 nitrogen and oxygen atoms in total. The zero-order chi connectivity index (χ0) is 19.8. The van der Waals surface area contributed by atoms with Gasteiger partial charge < -0.3 is 14.3 Å². The molecule has 5 rings (SSSR count). The smallest absolute Gasteiger partial charge is 0.349 e. The molecule has 144 valence electrons. The van der Waals surface area contributed by atoms with Crippen LogP contribution in [0.1, 0.15) is 29.0 Å². The molecule has 0 atom stereocenters. The molecule has 1 aliphatic heterocycles. The summed E-state index contributed by atoms with van der Waals surface area (Å²) < 4.78 is 7.46. The molecule has 29 heavy (non-hydrogen) atoms. The minimum atomic E-state index is -0.654. The van der Waals surface area contributed by atoms with Crippen LogP contribution in [0.15, 0.2) is 70.0 Å². The number of carbonyl (C=O) groups is 1. The normalized spacial score (nSPS) is 13.2. The molecule has 0 saturated carbocycles. The summed E-state index contributed by atoms with van der Waals surface area (Å²) in [5, 5.41) is 3.51. The molecule has 0 radical (unpaired) electrons. The minimum Gasteiger partial charge on any atom is -0.422 e. The first-order valence-electron chi connectivity index (χ1n) is 9.68. The van der Waals surface area contributed by atoms with E-state index >= 15 is 0 Å². The lowest BCUT2D eigenvalue weighted by Gasteiger charge is -2.11. The molecule has 1 aliphatic rings. The van der Waals surface area contributed by atoms with E-state index in [0.717, 1.165) is 30.0 Å². The van der Waals surface area contributed by atoms with E-state index in [1.54, 1.807) is 30.3 Å². The number of hydrogen-bond acceptors (Lipinski definition) is 4. The second-order valence-electron chi connectivity index (χ2n) is 7.21. The monoisotopic (exact) mass is 385 g/mol. The van der Waals surface area contributed by atoms with Gasteiger partial charge >= 0.3 is 5.63 Å². The van der Waals surface area contributed by atoms with Crippen molar-refractivity contribution in [3.63, 3.8) is 0 Å². The minimum absolute atomic E-state index is 0.0217. The Bertz CT molecular complexity index is 1260. The van der Waals surface area contributed by atoms with Gasteiger partial charge in [0.1, 0.15) is 17.0 Å². The topological polar surface area (TPSA) is 77.1 Å². The number of para-hydroxylation sites is 1. The third kappa shape index (κ3) is 3.33. The maximum Gasteiger partial charge on any atom is 0.349 e. The Morgan fingerprint density at radius 2 is 1.97 bits per heavy atom. The van der Waals surface area contributed by atoms with E-state index in [1.165, 1.54) is 12.8 Å². The number of anilines is 1. The highest BCUT2D eigenvalue weighted by atomic mass is 16.4. The van der Waals surface area contributed by atoms with Crippen LogP contribution in [0, 0.1) is 0 Å². The van der Waals surface area contributed by atoms with Crippen molar-refractivity contribution in [1.82, 2.24) is 9.55 Å². The van der Waals surface area contributed by atoms with Gasteiger partial charge in [-0.25, -0.2) is 9.78 Å². The van der Waals surface area contributed by atoms with Crippen LogP contribution in [0.3, 0.4) is 0 Å². The van der Waals surface area contributed by atoms with Crippen molar-refractivity contribution >= 4 is 22.6 Å². The summed E-state index contributed by atoms with van der Waals surface area (Å²) in [6, 6.07) is 16.2. The van der Waals surface area contributed by atoms with Gasteiger partial charge in [0.25, 0.3) is 5.91 Å². The van der Waals surface area contributed by atoms with E-state index in [9.17, 15) is 9.59 Å². The number of aryl methyl sites for hydroxylation is 2. The van der Waals surface area contributed by atoms with Crippen LogP contribution >= 0.6 is 0 Å². The number of imidazole rings is 1. The second-order valence-corrected chi connectivity index (χ2v) is 7.21. The van der Waals surface area contributed by atoms with Gasteiger partial charge in [0.05, 0.1) is 5.69 Å². The number of nitrogens with zero attached hydrogens (tertiary/aromatic N) is 2. The molecular weight excluding hydrogens is 366 g/mol. The molecule has 0 saturated heterocycles. The van der Waals surface area contributed by atoms with E-state index in [0.29, 0.717) is 16.7 Å². The van der Waals surface area contributed by atoms with Gasteiger partial charge in [0, 0.05) is 35.8 Å². The first kappa shape index (κ1) is 17.4. The van der Waals surface area contributed by atoms with Gasteiger partial charge in [-0.1, -0.05) is 30.3 Å². The molecule has 4 aromatic rings. The lowest BCUT2D eigenvalue weighted by molar-refractivity contribution is 0.102. The SMILES string of the molecule is O=C(Nc1cccc(-c2cn3c(n2)CCCC3)c1)c1cc2ccccc2oc1=O. The van der Waals surface area contributed by atoms with Crippen molar-refractivity contribution in [2.24, 2.45) is 0 Å². The third-order valence-electron chi connectivity index (χ3n) is 5.21. The second kappa shape index (κ2) is 7.05. The Morgan fingerprint density at radius 3 is 2.86 bits per heavy atom. The van der Waals surface area contributed by atoms with Crippen LogP contribution in [0.4, 0.5) is 5.69 Å². The fourth-order valence-corrected chi connectivity index (χ4v) is 3.73. The van der Waals surface area contributed by atoms with Crippen molar-refractivity contribution in [2.45, 2.75) is 25.8 Å². The van der Waals surface area contributed by atoms with Gasteiger partial charge in [-0.2, -0.15) is 0 Å². The van der Waals surface area contributed by atoms with Crippen LogP contribution in [0.5, 0.6) is 0 Å². The Hall–Kier alpha value is -3.67. The zero-order valence-electron chi connectivity index (χ0n) is 15.7. The van der Waals surface area contributed by atoms with Crippen molar-refractivity contribution in [3.05, 3.63) is 82.6 Å². The van der Waals surface area contributed by atoms with E-state index < -0.39 is 11.5 Å². The number of carbonyl (C=O) groups excluding carboxylic acids is 1. The molecule has 1 amide bonds. The first-order chi connectivity index (χ1) is 14.2. The quantitative estimate of drug-likeness (QED) is 0.535. The molecule has 0 aliphatic carbocycles. The molecular formula is C23H19N3O3. The largest absolute Gasteiger partial charge is 0.422 e. The lowest BCUT2D eigenvalue weighted by Crippen LogP contribution is -2.20. The maximum absolute atomic E-state index is 12.7. The number of nitrogens with one attached hydrogen (secondary N) is 1. The van der Waals surface area contributed by atoms with Crippen LogP contribution in [0.2, 0.25) is 0 Å². The van der Waals surface area contributed by atoms with Gasteiger partial charge in [-0.05, 0) is 37.1 Å².